The maximum absolute atomic E-state index is 13.8. The molecular weight excluding hydrogens is 450 g/mol. The Morgan fingerprint density at radius 3 is 2.67 bits per heavy atom. The van der Waals surface area contributed by atoms with Gasteiger partial charge in [0.15, 0.2) is 11.1 Å². The number of benzene rings is 2. The van der Waals surface area contributed by atoms with Crippen molar-refractivity contribution in [3.05, 3.63) is 81.9 Å². The zero-order chi connectivity index (χ0) is 23.5. The van der Waals surface area contributed by atoms with E-state index in [0.717, 1.165) is 6.07 Å². The number of hydrogen-bond donors (Lipinski definition) is 3. The molecule has 1 aromatic heterocycles. The summed E-state index contributed by atoms with van der Waals surface area (Å²) in [6.45, 7) is 0.241. The molecule has 1 atom stereocenters. The molecule has 8 nitrogen and oxygen atoms in total. The third kappa shape index (κ3) is 4.82. The van der Waals surface area contributed by atoms with Crippen molar-refractivity contribution in [2.75, 3.05) is 12.4 Å². The van der Waals surface area contributed by atoms with Crippen LogP contribution in [0.1, 0.15) is 32.4 Å². The second-order valence-electron chi connectivity index (χ2n) is 7.28. The van der Waals surface area contributed by atoms with Gasteiger partial charge in [-0.2, -0.15) is 0 Å². The van der Waals surface area contributed by atoms with Crippen LogP contribution in [-0.2, 0) is 17.9 Å². The lowest BCUT2D eigenvalue weighted by molar-refractivity contribution is -0.125. The number of amides is 2. The Balaban J connectivity index is 1.57. The summed E-state index contributed by atoms with van der Waals surface area (Å²) in [4.78, 5) is 36.3. The van der Waals surface area contributed by atoms with Gasteiger partial charge in [0.2, 0.25) is 5.91 Å². The van der Waals surface area contributed by atoms with E-state index in [0.29, 0.717) is 21.1 Å². The average molecular weight is 471 g/mol. The number of aliphatic imine (C=N–C) groups is 1. The van der Waals surface area contributed by atoms with E-state index >= 15 is 0 Å². The summed E-state index contributed by atoms with van der Waals surface area (Å²) in [5.74, 6) is -1.63. The fourth-order valence-electron chi connectivity index (χ4n) is 3.50. The van der Waals surface area contributed by atoms with Gasteiger partial charge in [-0.25, -0.2) is 13.8 Å². The second kappa shape index (κ2) is 9.33. The molecule has 0 saturated heterocycles. The first kappa shape index (κ1) is 22.3. The first-order valence-electron chi connectivity index (χ1n) is 9.92. The number of thiazole rings is 1. The van der Waals surface area contributed by atoms with Gasteiger partial charge in [-0.05, 0) is 35.4 Å². The third-order valence-corrected chi connectivity index (χ3v) is 5.99. The summed E-state index contributed by atoms with van der Waals surface area (Å²) in [6, 6.07) is 8.58. The van der Waals surface area contributed by atoms with Crippen LogP contribution in [0.15, 0.2) is 53.7 Å². The molecule has 3 aromatic rings. The number of rotatable bonds is 6. The van der Waals surface area contributed by atoms with Crippen molar-refractivity contribution in [3.8, 4) is 0 Å². The lowest BCUT2D eigenvalue weighted by atomic mass is 10.0. The number of halogens is 2. The lowest BCUT2D eigenvalue weighted by Gasteiger charge is -2.24. The molecule has 170 valence electrons. The van der Waals surface area contributed by atoms with Gasteiger partial charge in [-0.1, -0.05) is 29.5 Å². The molecule has 0 fully saturated rings. The van der Waals surface area contributed by atoms with E-state index in [9.17, 15) is 18.4 Å². The van der Waals surface area contributed by atoms with Crippen LogP contribution in [0.4, 0.5) is 13.9 Å². The number of nitrogens with zero attached hydrogens (tertiary/aromatic N) is 3. The standard InChI is InChI=1S/C22H20F2N6O2S/c1-26-21(25)29-22-28-10-15(33-22)11-30-18(16-7-6-14(24)8-17(16)20(30)32)19(31)27-9-12-2-4-13(23)5-3-12/h2-8,10,18H,9,11H2,1H3,(H,27,31)(H3,25,26,28,29). The monoisotopic (exact) mass is 470 g/mol. The number of fused-ring (bicyclic) bond motifs is 1. The quantitative estimate of drug-likeness (QED) is 0.379. The summed E-state index contributed by atoms with van der Waals surface area (Å²) in [6.07, 6.45) is 1.57. The van der Waals surface area contributed by atoms with Crippen molar-refractivity contribution in [3.63, 3.8) is 0 Å². The van der Waals surface area contributed by atoms with Gasteiger partial charge in [0.25, 0.3) is 5.91 Å². The highest BCUT2D eigenvalue weighted by molar-refractivity contribution is 7.15. The molecule has 33 heavy (non-hydrogen) atoms. The maximum atomic E-state index is 13.8. The molecule has 2 heterocycles. The van der Waals surface area contributed by atoms with Gasteiger partial charge < -0.3 is 21.3 Å². The van der Waals surface area contributed by atoms with Crippen LogP contribution in [0.3, 0.4) is 0 Å². The summed E-state index contributed by atoms with van der Waals surface area (Å²) in [5, 5.41) is 6.10. The van der Waals surface area contributed by atoms with Crippen LogP contribution >= 0.6 is 11.3 Å². The van der Waals surface area contributed by atoms with Crippen LogP contribution in [0, 0.1) is 11.6 Å². The summed E-state index contributed by atoms with van der Waals surface area (Å²) < 4.78 is 27.0. The number of anilines is 1. The van der Waals surface area contributed by atoms with E-state index in [1.165, 1.54) is 47.5 Å². The lowest BCUT2D eigenvalue weighted by Crippen LogP contribution is -2.38. The maximum Gasteiger partial charge on any atom is 0.255 e. The predicted octanol–water partition coefficient (Wildman–Crippen LogP) is 2.79. The van der Waals surface area contributed by atoms with E-state index in [2.05, 4.69) is 20.6 Å². The van der Waals surface area contributed by atoms with Crippen molar-refractivity contribution in [1.29, 1.82) is 0 Å². The molecular formula is C22H20F2N6O2S. The van der Waals surface area contributed by atoms with Gasteiger partial charge in [-0.15, -0.1) is 0 Å². The van der Waals surface area contributed by atoms with E-state index in [-0.39, 0.29) is 30.4 Å². The average Bonchev–Trinajstić information content (AvgIpc) is 3.35. The van der Waals surface area contributed by atoms with Gasteiger partial charge in [0.1, 0.15) is 17.7 Å². The highest BCUT2D eigenvalue weighted by Gasteiger charge is 2.41. The molecule has 1 unspecified atom stereocenters. The Labute approximate surface area is 192 Å². The topological polar surface area (TPSA) is 113 Å². The number of nitrogens with two attached hydrogens (primary N) is 1. The molecule has 0 saturated carbocycles. The molecule has 1 aliphatic rings. The number of hydrogen-bond acceptors (Lipinski definition) is 5. The number of carbonyl (C=O) groups is 2. The number of nitrogens with one attached hydrogen (secondary N) is 2. The van der Waals surface area contributed by atoms with Gasteiger partial charge >= 0.3 is 0 Å². The van der Waals surface area contributed by atoms with Crippen molar-refractivity contribution in [2.24, 2.45) is 10.7 Å². The van der Waals surface area contributed by atoms with Crippen LogP contribution in [0.25, 0.3) is 0 Å². The molecule has 4 N–H and O–H groups in total. The first-order valence-corrected chi connectivity index (χ1v) is 10.7. The molecule has 0 bridgehead atoms. The van der Waals surface area contributed by atoms with Crippen molar-refractivity contribution < 1.29 is 18.4 Å². The zero-order valence-electron chi connectivity index (χ0n) is 17.5. The Hall–Kier alpha value is -3.86. The third-order valence-electron chi connectivity index (χ3n) is 5.10. The Kier molecular flexibility index (Phi) is 6.31. The predicted molar refractivity (Wildman–Crippen MR) is 121 cm³/mol. The minimum absolute atomic E-state index is 0.0896. The SMILES string of the molecule is CN=C(N)Nc1ncc(CN2C(=O)c3cc(F)ccc3C2C(=O)NCc2ccc(F)cc2)s1. The molecule has 11 heteroatoms. The molecule has 4 rings (SSSR count). The molecule has 0 radical (unpaired) electrons. The summed E-state index contributed by atoms with van der Waals surface area (Å²) >= 11 is 1.25. The molecule has 1 aliphatic heterocycles. The molecule has 0 aliphatic carbocycles. The van der Waals surface area contributed by atoms with Crippen molar-refractivity contribution in [2.45, 2.75) is 19.1 Å². The molecule has 0 spiro atoms. The van der Waals surface area contributed by atoms with Crippen LogP contribution in [-0.4, -0.2) is 34.7 Å². The second-order valence-corrected chi connectivity index (χ2v) is 8.39. The minimum atomic E-state index is -0.950. The van der Waals surface area contributed by atoms with Crippen LogP contribution < -0.4 is 16.4 Å². The molecule has 2 aromatic carbocycles. The summed E-state index contributed by atoms with van der Waals surface area (Å²) in [5.41, 5.74) is 6.92. The highest BCUT2D eigenvalue weighted by Crippen LogP contribution is 2.36. The van der Waals surface area contributed by atoms with Gasteiger partial charge in [0.05, 0.1) is 6.54 Å². The number of guanidine groups is 1. The van der Waals surface area contributed by atoms with Crippen molar-refractivity contribution >= 4 is 34.2 Å². The zero-order valence-corrected chi connectivity index (χ0v) is 18.3. The van der Waals surface area contributed by atoms with E-state index in [4.69, 9.17) is 5.73 Å². The van der Waals surface area contributed by atoms with E-state index in [1.54, 1.807) is 18.3 Å². The summed E-state index contributed by atoms with van der Waals surface area (Å²) in [7, 11) is 1.53. The Morgan fingerprint density at radius 2 is 1.94 bits per heavy atom. The van der Waals surface area contributed by atoms with Crippen molar-refractivity contribution in [1.82, 2.24) is 15.2 Å². The highest BCUT2D eigenvalue weighted by atomic mass is 32.1. The fourth-order valence-corrected chi connectivity index (χ4v) is 4.32. The first-order chi connectivity index (χ1) is 15.9. The molecule has 2 amide bonds. The van der Waals surface area contributed by atoms with Gasteiger partial charge in [0, 0.05) is 30.2 Å². The Bertz CT molecular complexity index is 1230. The van der Waals surface area contributed by atoms with Gasteiger partial charge in [-0.3, -0.25) is 14.6 Å². The van der Waals surface area contributed by atoms with E-state index in [1.807, 2.05) is 0 Å². The van der Waals surface area contributed by atoms with E-state index < -0.39 is 23.7 Å². The number of carbonyl (C=O) groups excluding carboxylic acids is 2. The Morgan fingerprint density at radius 1 is 1.21 bits per heavy atom. The largest absolute Gasteiger partial charge is 0.370 e. The smallest absolute Gasteiger partial charge is 0.255 e. The fraction of sp³-hybridized carbons (Fsp3) is 0.182. The van der Waals surface area contributed by atoms with Crippen LogP contribution in [0.5, 0.6) is 0 Å². The normalized spacial score (nSPS) is 15.5. The minimum Gasteiger partial charge on any atom is -0.370 e. The number of aromatic nitrogens is 1. The van der Waals surface area contributed by atoms with Crippen LogP contribution in [0.2, 0.25) is 0 Å².